The Hall–Kier alpha value is -1.65. The highest BCUT2D eigenvalue weighted by Gasteiger charge is 2.30. The van der Waals surface area contributed by atoms with Crippen molar-refractivity contribution in [3.8, 4) is 0 Å². The third-order valence-electron chi connectivity index (χ3n) is 4.19. The maximum absolute atomic E-state index is 13.1. The Labute approximate surface area is 112 Å². The third kappa shape index (κ3) is 2.85. The maximum atomic E-state index is 13.1. The van der Waals surface area contributed by atoms with E-state index in [9.17, 15) is 9.18 Å². The molecule has 1 aromatic rings. The summed E-state index contributed by atoms with van der Waals surface area (Å²) in [6, 6.07) is 1.04. The zero-order valence-corrected chi connectivity index (χ0v) is 11.3. The highest BCUT2D eigenvalue weighted by Crippen LogP contribution is 2.35. The third-order valence-corrected chi connectivity index (χ3v) is 4.19. The summed E-state index contributed by atoms with van der Waals surface area (Å²) in [4.78, 5) is 17.1. The van der Waals surface area contributed by atoms with E-state index in [0.717, 1.165) is 44.6 Å². The number of aromatic carboxylic acids is 1. The number of carboxylic acids is 1. The van der Waals surface area contributed by atoms with Crippen molar-refractivity contribution >= 4 is 11.8 Å². The molecule has 1 aliphatic heterocycles. The zero-order valence-electron chi connectivity index (χ0n) is 11.3. The predicted octanol–water partition coefficient (Wildman–Crippen LogP) is 2.94. The molecule has 0 unspecified atom stereocenters. The van der Waals surface area contributed by atoms with Crippen molar-refractivity contribution in [3.63, 3.8) is 0 Å². The molecular weight excluding hydrogens is 247 g/mol. The van der Waals surface area contributed by atoms with Gasteiger partial charge in [0.15, 0.2) is 0 Å². The summed E-state index contributed by atoms with van der Waals surface area (Å²) in [6.45, 7) is 5.96. The molecule has 5 heteroatoms. The predicted molar refractivity (Wildman–Crippen MR) is 71.0 cm³/mol. The molecule has 0 amide bonds. The Balaban J connectivity index is 2.22. The van der Waals surface area contributed by atoms with Crippen LogP contribution in [0.15, 0.2) is 12.3 Å². The molecule has 1 fully saturated rings. The Kier molecular flexibility index (Phi) is 3.73. The lowest BCUT2D eigenvalue weighted by Crippen LogP contribution is -2.39. The van der Waals surface area contributed by atoms with E-state index in [-0.39, 0.29) is 5.56 Å². The van der Waals surface area contributed by atoms with E-state index in [4.69, 9.17) is 5.11 Å². The number of pyridine rings is 1. The number of halogens is 1. The van der Waals surface area contributed by atoms with Crippen molar-refractivity contribution in [2.75, 3.05) is 18.0 Å². The molecule has 0 aliphatic carbocycles. The van der Waals surface area contributed by atoms with Crippen LogP contribution >= 0.6 is 0 Å². The van der Waals surface area contributed by atoms with Gasteiger partial charge in [-0.3, -0.25) is 0 Å². The molecule has 1 aliphatic rings. The van der Waals surface area contributed by atoms with Crippen LogP contribution in [0.4, 0.5) is 10.2 Å². The Morgan fingerprint density at radius 1 is 1.53 bits per heavy atom. The van der Waals surface area contributed by atoms with Crippen molar-refractivity contribution in [1.29, 1.82) is 0 Å². The number of rotatable bonds is 3. The van der Waals surface area contributed by atoms with E-state index in [2.05, 4.69) is 18.8 Å². The molecular formula is C14H19FN2O2. The highest BCUT2D eigenvalue weighted by molar-refractivity contribution is 5.93. The fraction of sp³-hybridized carbons (Fsp3) is 0.571. The van der Waals surface area contributed by atoms with E-state index in [0.29, 0.717) is 11.2 Å². The quantitative estimate of drug-likeness (QED) is 0.914. The fourth-order valence-electron chi connectivity index (χ4n) is 2.45. The summed E-state index contributed by atoms with van der Waals surface area (Å²) >= 11 is 0. The summed E-state index contributed by atoms with van der Waals surface area (Å²) in [6.07, 6.45) is 4.20. The summed E-state index contributed by atoms with van der Waals surface area (Å²) in [7, 11) is 0. The second kappa shape index (κ2) is 5.15. The minimum Gasteiger partial charge on any atom is -0.478 e. The number of piperidine rings is 1. The second-order valence-electron chi connectivity index (χ2n) is 5.48. The van der Waals surface area contributed by atoms with Crippen molar-refractivity contribution < 1.29 is 14.3 Å². The molecule has 1 N–H and O–H groups in total. The van der Waals surface area contributed by atoms with Gasteiger partial charge in [-0.15, -0.1) is 0 Å². The highest BCUT2D eigenvalue weighted by atomic mass is 19.1. The van der Waals surface area contributed by atoms with Crippen molar-refractivity contribution in [2.45, 2.75) is 33.1 Å². The fourth-order valence-corrected chi connectivity index (χ4v) is 2.45. The standard InChI is InChI=1S/C14H19FN2O2/c1-3-14(2)4-6-17(7-5-14)12-11(13(18)19)8-10(15)9-16-12/h8-9H,3-7H2,1-2H3,(H,18,19). The van der Waals surface area contributed by atoms with Crippen LogP contribution in [0.3, 0.4) is 0 Å². The van der Waals surface area contributed by atoms with E-state index >= 15 is 0 Å². The van der Waals surface area contributed by atoms with Crippen LogP contribution in [0.1, 0.15) is 43.5 Å². The van der Waals surface area contributed by atoms with Crippen LogP contribution in [0.5, 0.6) is 0 Å². The van der Waals surface area contributed by atoms with Crippen LogP contribution in [0.2, 0.25) is 0 Å². The molecule has 2 heterocycles. The Morgan fingerprint density at radius 3 is 2.68 bits per heavy atom. The van der Waals surface area contributed by atoms with E-state index in [1.807, 2.05) is 4.90 Å². The molecule has 0 atom stereocenters. The van der Waals surface area contributed by atoms with Gasteiger partial charge in [-0.1, -0.05) is 20.3 Å². The van der Waals surface area contributed by atoms with Gasteiger partial charge in [0.05, 0.1) is 6.20 Å². The first-order chi connectivity index (χ1) is 8.95. The van der Waals surface area contributed by atoms with Crippen LogP contribution in [0, 0.1) is 11.2 Å². The Morgan fingerprint density at radius 2 is 2.16 bits per heavy atom. The first kappa shape index (κ1) is 13.8. The normalized spacial score (nSPS) is 18.4. The summed E-state index contributed by atoms with van der Waals surface area (Å²) in [5, 5.41) is 9.14. The molecule has 2 rings (SSSR count). The van der Waals surface area contributed by atoms with Crippen LogP contribution in [-0.4, -0.2) is 29.1 Å². The van der Waals surface area contributed by atoms with Gasteiger partial charge < -0.3 is 10.0 Å². The van der Waals surface area contributed by atoms with Gasteiger partial charge in [0.25, 0.3) is 0 Å². The largest absolute Gasteiger partial charge is 0.478 e. The molecule has 1 saturated heterocycles. The molecule has 0 aromatic carbocycles. The molecule has 0 saturated carbocycles. The van der Waals surface area contributed by atoms with Crippen molar-refractivity contribution in [2.24, 2.45) is 5.41 Å². The monoisotopic (exact) mass is 266 g/mol. The molecule has 104 valence electrons. The second-order valence-corrected chi connectivity index (χ2v) is 5.48. The molecule has 4 nitrogen and oxygen atoms in total. The average Bonchev–Trinajstić information content (AvgIpc) is 2.40. The number of hydrogen-bond donors (Lipinski definition) is 1. The number of aromatic nitrogens is 1. The average molecular weight is 266 g/mol. The lowest BCUT2D eigenvalue weighted by molar-refractivity contribution is 0.0696. The van der Waals surface area contributed by atoms with Gasteiger partial charge in [0.2, 0.25) is 0 Å². The number of carboxylic acid groups (broad SMARTS) is 1. The molecule has 0 spiro atoms. The van der Waals surface area contributed by atoms with Gasteiger partial charge in [0, 0.05) is 13.1 Å². The van der Waals surface area contributed by atoms with E-state index in [1.165, 1.54) is 0 Å². The van der Waals surface area contributed by atoms with Crippen molar-refractivity contribution in [3.05, 3.63) is 23.6 Å². The van der Waals surface area contributed by atoms with Crippen molar-refractivity contribution in [1.82, 2.24) is 4.98 Å². The van der Waals surface area contributed by atoms with Gasteiger partial charge in [0.1, 0.15) is 17.2 Å². The SMILES string of the molecule is CCC1(C)CCN(c2ncc(F)cc2C(=O)O)CC1. The summed E-state index contributed by atoms with van der Waals surface area (Å²) < 4.78 is 13.1. The van der Waals surface area contributed by atoms with E-state index in [1.54, 1.807) is 0 Å². The zero-order chi connectivity index (χ0) is 14.0. The smallest absolute Gasteiger partial charge is 0.339 e. The van der Waals surface area contributed by atoms with Gasteiger partial charge >= 0.3 is 5.97 Å². The molecule has 0 bridgehead atoms. The number of hydrogen-bond acceptors (Lipinski definition) is 3. The first-order valence-electron chi connectivity index (χ1n) is 6.59. The first-order valence-corrected chi connectivity index (χ1v) is 6.59. The molecule has 0 radical (unpaired) electrons. The van der Waals surface area contributed by atoms with E-state index < -0.39 is 11.8 Å². The minimum absolute atomic E-state index is 0.0555. The minimum atomic E-state index is -1.13. The van der Waals surface area contributed by atoms with Gasteiger partial charge in [-0.05, 0) is 24.3 Å². The molecule has 1 aromatic heterocycles. The number of anilines is 1. The Bertz CT molecular complexity index is 482. The molecule has 19 heavy (non-hydrogen) atoms. The summed E-state index contributed by atoms with van der Waals surface area (Å²) in [5.41, 5.74) is 0.264. The van der Waals surface area contributed by atoms with Crippen LogP contribution in [-0.2, 0) is 0 Å². The van der Waals surface area contributed by atoms with Crippen LogP contribution in [0.25, 0.3) is 0 Å². The van der Waals surface area contributed by atoms with Crippen LogP contribution < -0.4 is 4.90 Å². The maximum Gasteiger partial charge on any atom is 0.339 e. The lowest BCUT2D eigenvalue weighted by Gasteiger charge is -2.39. The summed E-state index contributed by atoms with van der Waals surface area (Å²) in [5.74, 6) is -1.37. The number of nitrogens with zero attached hydrogens (tertiary/aromatic N) is 2. The topological polar surface area (TPSA) is 53.4 Å². The lowest BCUT2D eigenvalue weighted by atomic mass is 9.78. The van der Waals surface area contributed by atoms with Gasteiger partial charge in [-0.25, -0.2) is 14.2 Å². The van der Waals surface area contributed by atoms with Gasteiger partial charge in [-0.2, -0.15) is 0 Å². The number of carbonyl (C=O) groups is 1.